The van der Waals surface area contributed by atoms with E-state index in [4.69, 9.17) is 0 Å². The zero-order valence-electron chi connectivity index (χ0n) is 7.68. The Labute approximate surface area is 73.5 Å². The molecule has 0 aromatic rings. The highest BCUT2D eigenvalue weighted by Crippen LogP contribution is 2.75. The Kier molecular flexibility index (Phi) is 1.06. The first kappa shape index (κ1) is 7.11. The Balaban J connectivity index is 2.04. The number of fused-ring (bicyclic) bond motifs is 3. The molecule has 3 saturated carbocycles. The zero-order valence-corrected chi connectivity index (χ0v) is 7.68. The molecule has 66 valence electrons. The first-order chi connectivity index (χ1) is 5.71. The highest BCUT2D eigenvalue weighted by atomic mass is 16.1. The molecule has 0 heterocycles. The Hall–Kier alpha value is -0.330. The van der Waals surface area contributed by atoms with E-state index < -0.39 is 0 Å². The Morgan fingerprint density at radius 2 is 2.08 bits per heavy atom. The van der Waals surface area contributed by atoms with Crippen LogP contribution in [0.25, 0.3) is 0 Å². The maximum atomic E-state index is 11.1. The van der Waals surface area contributed by atoms with Crippen LogP contribution in [0.2, 0.25) is 0 Å². The number of aldehydes is 1. The zero-order chi connectivity index (χ0) is 8.40. The van der Waals surface area contributed by atoms with Gasteiger partial charge in [0.05, 0.1) is 0 Å². The SMILES string of the molecule is CC12CCC(C1)C1(CC1)C2C=O. The van der Waals surface area contributed by atoms with Gasteiger partial charge in [0.1, 0.15) is 6.29 Å². The van der Waals surface area contributed by atoms with Gasteiger partial charge in [0.25, 0.3) is 0 Å². The average Bonchev–Trinajstić information content (AvgIpc) is 2.64. The summed E-state index contributed by atoms with van der Waals surface area (Å²) in [7, 11) is 0. The number of carbonyl (C=O) groups excluding carboxylic acids is 1. The van der Waals surface area contributed by atoms with Gasteiger partial charge in [-0.2, -0.15) is 0 Å². The van der Waals surface area contributed by atoms with Crippen LogP contribution in [-0.4, -0.2) is 6.29 Å². The maximum absolute atomic E-state index is 11.1. The lowest BCUT2D eigenvalue weighted by Crippen LogP contribution is -2.31. The summed E-state index contributed by atoms with van der Waals surface area (Å²) in [6.07, 6.45) is 8.01. The molecule has 0 aliphatic heterocycles. The van der Waals surface area contributed by atoms with E-state index in [1.807, 2.05) is 0 Å². The number of hydrogen-bond donors (Lipinski definition) is 0. The summed E-state index contributed by atoms with van der Waals surface area (Å²) in [6, 6.07) is 0. The van der Waals surface area contributed by atoms with Crippen LogP contribution in [-0.2, 0) is 4.79 Å². The van der Waals surface area contributed by atoms with Crippen molar-refractivity contribution in [2.75, 3.05) is 0 Å². The predicted molar refractivity (Wildman–Crippen MR) is 46.7 cm³/mol. The molecule has 3 aliphatic rings. The third-order valence-electron chi connectivity index (χ3n) is 4.92. The molecule has 0 aromatic carbocycles. The van der Waals surface area contributed by atoms with Crippen molar-refractivity contribution in [3.05, 3.63) is 0 Å². The van der Waals surface area contributed by atoms with Crippen molar-refractivity contribution >= 4 is 6.29 Å². The van der Waals surface area contributed by atoms with E-state index in [1.54, 1.807) is 0 Å². The molecule has 3 unspecified atom stereocenters. The second-order valence-corrected chi connectivity index (χ2v) is 5.44. The fourth-order valence-corrected chi connectivity index (χ4v) is 4.16. The molecule has 0 N–H and O–H groups in total. The lowest BCUT2D eigenvalue weighted by atomic mass is 9.70. The standard InChI is InChI=1S/C11H16O/c1-10-3-2-8(6-10)11(4-5-11)9(10)7-12/h7-9H,2-6H2,1H3. The largest absolute Gasteiger partial charge is 0.303 e. The van der Waals surface area contributed by atoms with Crippen molar-refractivity contribution in [2.45, 2.75) is 39.0 Å². The highest BCUT2D eigenvalue weighted by molar-refractivity contribution is 5.60. The molecule has 3 aliphatic carbocycles. The molecular weight excluding hydrogens is 148 g/mol. The quantitative estimate of drug-likeness (QED) is 0.544. The van der Waals surface area contributed by atoms with E-state index in [-0.39, 0.29) is 0 Å². The normalized spacial score (nSPS) is 53.1. The minimum Gasteiger partial charge on any atom is -0.303 e. The first-order valence-electron chi connectivity index (χ1n) is 5.17. The lowest BCUT2D eigenvalue weighted by molar-refractivity contribution is -0.116. The van der Waals surface area contributed by atoms with Crippen LogP contribution in [0.5, 0.6) is 0 Å². The minimum absolute atomic E-state index is 0.406. The van der Waals surface area contributed by atoms with Crippen molar-refractivity contribution in [2.24, 2.45) is 22.7 Å². The van der Waals surface area contributed by atoms with Crippen LogP contribution in [0.4, 0.5) is 0 Å². The van der Waals surface area contributed by atoms with E-state index in [0.29, 0.717) is 16.7 Å². The summed E-state index contributed by atoms with van der Waals surface area (Å²) in [5.74, 6) is 1.33. The first-order valence-corrected chi connectivity index (χ1v) is 5.17. The molecule has 1 heteroatoms. The Morgan fingerprint density at radius 3 is 2.58 bits per heavy atom. The third kappa shape index (κ3) is 0.571. The molecule has 0 saturated heterocycles. The van der Waals surface area contributed by atoms with Gasteiger partial charge in [-0.1, -0.05) is 6.92 Å². The fourth-order valence-electron chi connectivity index (χ4n) is 4.16. The summed E-state index contributed by atoms with van der Waals surface area (Å²) in [6.45, 7) is 2.33. The predicted octanol–water partition coefficient (Wildman–Crippen LogP) is 2.40. The van der Waals surface area contributed by atoms with Crippen molar-refractivity contribution < 1.29 is 4.79 Å². The van der Waals surface area contributed by atoms with Crippen LogP contribution >= 0.6 is 0 Å². The lowest BCUT2D eigenvalue weighted by Gasteiger charge is -2.33. The van der Waals surface area contributed by atoms with E-state index in [2.05, 4.69) is 6.92 Å². The maximum Gasteiger partial charge on any atom is 0.124 e. The topological polar surface area (TPSA) is 17.1 Å². The molecular formula is C11H16O. The van der Waals surface area contributed by atoms with E-state index >= 15 is 0 Å². The molecule has 0 radical (unpaired) electrons. The molecule has 2 bridgehead atoms. The summed E-state index contributed by atoms with van der Waals surface area (Å²) in [4.78, 5) is 11.1. The minimum atomic E-state index is 0.406. The van der Waals surface area contributed by atoms with Crippen LogP contribution in [0.1, 0.15) is 39.0 Å². The molecule has 1 nitrogen and oxygen atoms in total. The van der Waals surface area contributed by atoms with E-state index in [9.17, 15) is 4.79 Å². The van der Waals surface area contributed by atoms with Gasteiger partial charge in [-0.15, -0.1) is 0 Å². The van der Waals surface area contributed by atoms with Gasteiger partial charge in [0, 0.05) is 5.92 Å². The smallest absolute Gasteiger partial charge is 0.124 e. The Morgan fingerprint density at radius 1 is 1.33 bits per heavy atom. The van der Waals surface area contributed by atoms with Crippen molar-refractivity contribution in [1.82, 2.24) is 0 Å². The summed E-state index contributed by atoms with van der Waals surface area (Å²) >= 11 is 0. The van der Waals surface area contributed by atoms with Gasteiger partial charge in [0.2, 0.25) is 0 Å². The van der Waals surface area contributed by atoms with Gasteiger partial charge in [-0.25, -0.2) is 0 Å². The van der Waals surface area contributed by atoms with Gasteiger partial charge >= 0.3 is 0 Å². The van der Waals surface area contributed by atoms with Gasteiger partial charge in [-0.05, 0) is 48.9 Å². The van der Waals surface area contributed by atoms with Crippen molar-refractivity contribution in [3.8, 4) is 0 Å². The molecule has 3 rings (SSSR count). The second kappa shape index (κ2) is 1.78. The highest BCUT2D eigenvalue weighted by Gasteiger charge is 2.68. The molecule has 3 atom stereocenters. The van der Waals surface area contributed by atoms with Gasteiger partial charge < -0.3 is 4.79 Å². The van der Waals surface area contributed by atoms with Gasteiger partial charge in [-0.3, -0.25) is 0 Å². The van der Waals surface area contributed by atoms with Crippen LogP contribution in [0.3, 0.4) is 0 Å². The Bertz CT molecular complexity index is 239. The number of rotatable bonds is 1. The molecule has 12 heavy (non-hydrogen) atoms. The van der Waals surface area contributed by atoms with E-state index in [1.165, 1.54) is 38.4 Å². The molecule has 3 fully saturated rings. The van der Waals surface area contributed by atoms with Gasteiger partial charge in [0.15, 0.2) is 0 Å². The van der Waals surface area contributed by atoms with Crippen LogP contribution < -0.4 is 0 Å². The molecule has 0 aromatic heterocycles. The number of carbonyl (C=O) groups is 1. The molecule has 1 spiro atoms. The molecule has 0 amide bonds. The monoisotopic (exact) mass is 164 g/mol. The number of hydrogen-bond acceptors (Lipinski definition) is 1. The summed E-state index contributed by atoms with van der Waals surface area (Å²) in [5.41, 5.74) is 0.928. The van der Waals surface area contributed by atoms with Crippen LogP contribution in [0.15, 0.2) is 0 Å². The second-order valence-electron chi connectivity index (χ2n) is 5.44. The average molecular weight is 164 g/mol. The fraction of sp³-hybridized carbons (Fsp3) is 0.909. The van der Waals surface area contributed by atoms with Crippen molar-refractivity contribution in [3.63, 3.8) is 0 Å². The summed E-state index contributed by atoms with van der Waals surface area (Å²) in [5, 5.41) is 0. The van der Waals surface area contributed by atoms with E-state index in [0.717, 1.165) is 5.92 Å². The summed E-state index contributed by atoms with van der Waals surface area (Å²) < 4.78 is 0. The third-order valence-corrected chi connectivity index (χ3v) is 4.92. The van der Waals surface area contributed by atoms with Crippen molar-refractivity contribution in [1.29, 1.82) is 0 Å². The van der Waals surface area contributed by atoms with Crippen LogP contribution in [0, 0.1) is 22.7 Å².